The number of hydrogen-bond acceptors (Lipinski definition) is 4. The smallest absolute Gasteiger partial charge is 0.227 e. The summed E-state index contributed by atoms with van der Waals surface area (Å²) in [6.45, 7) is 6.57. The van der Waals surface area contributed by atoms with Gasteiger partial charge in [0.15, 0.2) is 11.5 Å². The van der Waals surface area contributed by atoms with Crippen LogP contribution in [0, 0.1) is 17.3 Å². The number of hydrogen-bond donors (Lipinski definition) is 2. The van der Waals surface area contributed by atoms with E-state index in [-0.39, 0.29) is 5.91 Å². The number of rotatable bonds is 5. The van der Waals surface area contributed by atoms with E-state index in [4.69, 9.17) is 0 Å². The molecule has 7 nitrogen and oxygen atoms in total. The highest BCUT2D eigenvalue weighted by atomic mass is 16.2. The average Bonchev–Trinajstić information content (AvgIpc) is 3.02. The lowest BCUT2D eigenvalue weighted by molar-refractivity contribution is -0.119. The topological polar surface area (TPSA) is 90.6 Å². The molecule has 1 fully saturated rings. The molecular formula is C22H28N6O. The number of imidazole rings is 1. The summed E-state index contributed by atoms with van der Waals surface area (Å²) >= 11 is 0. The zero-order valence-corrected chi connectivity index (χ0v) is 17.5. The normalized spacial score (nSPS) is 23.5. The number of fused-ring (bicyclic) bond motifs is 3. The predicted octanol–water partition coefficient (Wildman–Crippen LogP) is 3.87. The highest BCUT2D eigenvalue weighted by Gasteiger charge is 2.53. The fourth-order valence-corrected chi connectivity index (χ4v) is 4.56. The Morgan fingerprint density at radius 1 is 1.45 bits per heavy atom. The Kier molecular flexibility index (Phi) is 4.05. The number of amides is 1. The molecule has 1 saturated carbocycles. The van der Waals surface area contributed by atoms with Crippen molar-refractivity contribution < 1.29 is 4.79 Å². The molecule has 7 heteroatoms. The van der Waals surface area contributed by atoms with Crippen molar-refractivity contribution in [3.63, 3.8) is 0 Å². The van der Waals surface area contributed by atoms with Crippen LogP contribution in [0.25, 0.3) is 22.7 Å². The van der Waals surface area contributed by atoms with Crippen molar-refractivity contribution in [2.24, 2.45) is 17.3 Å². The molecule has 0 aromatic carbocycles. The van der Waals surface area contributed by atoms with Gasteiger partial charge in [-0.1, -0.05) is 27.2 Å². The van der Waals surface area contributed by atoms with Crippen molar-refractivity contribution in [3.05, 3.63) is 23.5 Å². The van der Waals surface area contributed by atoms with Gasteiger partial charge >= 0.3 is 0 Å². The van der Waals surface area contributed by atoms with Crippen LogP contribution in [0.2, 0.25) is 0 Å². The second kappa shape index (κ2) is 6.40. The Hall–Kier alpha value is -2.70. The molecule has 0 bridgehead atoms. The zero-order valence-electron chi connectivity index (χ0n) is 17.5. The number of anilines is 1. The van der Waals surface area contributed by atoms with E-state index in [0.717, 1.165) is 47.9 Å². The molecule has 3 aromatic rings. The number of carbonyl (C=O) groups is 1. The molecule has 5 rings (SSSR count). The van der Waals surface area contributed by atoms with Gasteiger partial charge in [-0.15, -0.1) is 0 Å². The molecule has 1 unspecified atom stereocenters. The molecule has 29 heavy (non-hydrogen) atoms. The summed E-state index contributed by atoms with van der Waals surface area (Å²) in [6.07, 6.45) is 6.70. The minimum Gasteiger partial charge on any atom is -0.335 e. The van der Waals surface area contributed by atoms with Gasteiger partial charge in [0.05, 0.1) is 17.4 Å². The van der Waals surface area contributed by atoms with Gasteiger partial charge < -0.3 is 9.88 Å². The third kappa shape index (κ3) is 3.03. The Labute approximate surface area is 170 Å². The summed E-state index contributed by atoms with van der Waals surface area (Å²) in [6, 6.07) is 1.95. The van der Waals surface area contributed by atoms with Crippen LogP contribution in [-0.2, 0) is 17.6 Å². The molecule has 152 valence electrons. The molecular weight excluding hydrogens is 364 g/mol. The molecule has 1 amide bonds. The molecule has 3 heterocycles. The first-order chi connectivity index (χ1) is 13.9. The van der Waals surface area contributed by atoms with E-state index in [2.05, 4.69) is 45.9 Å². The molecule has 0 spiro atoms. The largest absolute Gasteiger partial charge is 0.335 e. The SMILES string of the molecule is CCC(C)CC(=O)N(C)c1cnc2nc(-c3n[nH]c4c3C[C@@H]3C[C@]3(C)C4)[nH]c2c1. The zero-order chi connectivity index (χ0) is 20.3. The summed E-state index contributed by atoms with van der Waals surface area (Å²) in [7, 11) is 1.81. The van der Waals surface area contributed by atoms with Crippen LogP contribution in [0.1, 0.15) is 51.3 Å². The van der Waals surface area contributed by atoms with E-state index in [1.807, 2.05) is 13.1 Å². The maximum absolute atomic E-state index is 12.5. The van der Waals surface area contributed by atoms with Crippen LogP contribution in [0.3, 0.4) is 0 Å². The Balaban J connectivity index is 1.43. The lowest BCUT2D eigenvalue weighted by Crippen LogP contribution is -2.27. The van der Waals surface area contributed by atoms with Crippen LogP contribution < -0.4 is 4.90 Å². The monoisotopic (exact) mass is 392 g/mol. The number of H-pyrrole nitrogens is 2. The van der Waals surface area contributed by atoms with E-state index in [1.54, 1.807) is 11.1 Å². The first-order valence-corrected chi connectivity index (χ1v) is 10.6. The number of carbonyl (C=O) groups excluding carboxylic acids is 1. The van der Waals surface area contributed by atoms with E-state index >= 15 is 0 Å². The maximum Gasteiger partial charge on any atom is 0.227 e. The number of aromatic nitrogens is 5. The van der Waals surface area contributed by atoms with Crippen LogP contribution in [0.4, 0.5) is 5.69 Å². The van der Waals surface area contributed by atoms with Gasteiger partial charge in [0.25, 0.3) is 0 Å². The second-order valence-electron chi connectivity index (χ2n) is 9.29. The second-order valence-corrected chi connectivity index (χ2v) is 9.29. The lowest BCUT2D eigenvalue weighted by atomic mass is 9.88. The first-order valence-electron chi connectivity index (χ1n) is 10.6. The van der Waals surface area contributed by atoms with Crippen LogP contribution in [0.15, 0.2) is 12.3 Å². The molecule has 2 aliphatic carbocycles. The third-order valence-corrected chi connectivity index (χ3v) is 7.05. The van der Waals surface area contributed by atoms with Gasteiger partial charge in [-0.3, -0.25) is 9.89 Å². The Morgan fingerprint density at radius 2 is 2.28 bits per heavy atom. The van der Waals surface area contributed by atoms with Gasteiger partial charge in [-0.25, -0.2) is 9.97 Å². The van der Waals surface area contributed by atoms with E-state index in [9.17, 15) is 4.79 Å². The summed E-state index contributed by atoms with van der Waals surface area (Å²) in [5.74, 6) is 2.00. The minimum atomic E-state index is 0.106. The van der Waals surface area contributed by atoms with E-state index in [0.29, 0.717) is 23.4 Å². The molecule has 2 aliphatic rings. The third-order valence-electron chi connectivity index (χ3n) is 7.05. The van der Waals surface area contributed by atoms with Crippen LogP contribution >= 0.6 is 0 Å². The number of nitrogens with one attached hydrogen (secondary N) is 2. The molecule has 3 aromatic heterocycles. The molecule has 3 atom stereocenters. The fraction of sp³-hybridized carbons (Fsp3) is 0.545. The maximum atomic E-state index is 12.5. The molecule has 0 radical (unpaired) electrons. The highest BCUT2D eigenvalue weighted by Crippen LogP contribution is 2.59. The van der Waals surface area contributed by atoms with Crippen LogP contribution in [0.5, 0.6) is 0 Å². The lowest BCUT2D eigenvalue weighted by Gasteiger charge is -2.18. The van der Waals surface area contributed by atoms with Gasteiger partial charge in [0.2, 0.25) is 5.91 Å². The molecule has 0 aliphatic heterocycles. The van der Waals surface area contributed by atoms with Gasteiger partial charge in [-0.05, 0) is 42.6 Å². The summed E-state index contributed by atoms with van der Waals surface area (Å²) in [5, 5.41) is 7.80. The van der Waals surface area contributed by atoms with E-state index < -0.39 is 0 Å². The van der Waals surface area contributed by atoms with Crippen molar-refractivity contribution in [1.82, 2.24) is 25.1 Å². The number of aromatic amines is 2. The van der Waals surface area contributed by atoms with Crippen molar-refractivity contribution in [3.8, 4) is 11.5 Å². The van der Waals surface area contributed by atoms with Crippen molar-refractivity contribution in [2.45, 2.75) is 52.9 Å². The summed E-state index contributed by atoms with van der Waals surface area (Å²) in [5.41, 5.74) is 6.17. The molecule has 2 N–H and O–H groups in total. The van der Waals surface area contributed by atoms with Gasteiger partial charge in [0, 0.05) is 24.7 Å². The van der Waals surface area contributed by atoms with Crippen molar-refractivity contribution in [1.29, 1.82) is 0 Å². The summed E-state index contributed by atoms with van der Waals surface area (Å²) < 4.78 is 0. The number of pyridine rings is 1. The van der Waals surface area contributed by atoms with Gasteiger partial charge in [0.1, 0.15) is 5.69 Å². The Bertz CT molecular complexity index is 1100. The van der Waals surface area contributed by atoms with Crippen molar-refractivity contribution >= 4 is 22.8 Å². The highest BCUT2D eigenvalue weighted by molar-refractivity contribution is 5.94. The minimum absolute atomic E-state index is 0.106. The quantitative estimate of drug-likeness (QED) is 0.689. The van der Waals surface area contributed by atoms with E-state index in [1.165, 1.54) is 17.7 Å². The predicted molar refractivity (Wildman–Crippen MR) is 113 cm³/mol. The Morgan fingerprint density at radius 3 is 3.07 bits per heavy atom. The van der Waals surface area contributed by atoms with Crippen molar-refractivity contribution in [2.75, 3.05) is 11.9 Å². The first kappa shape index (κ1) is 18.3. The summed E-state index contributed by atoms with van der Waals surface area (Å²) in [4.78, 5) is 26.7. The van der Waals surface area contributed by atoms with Gasteiger partial charge in [-0.2, -0.15) is 5.10 Å². The molecule has 0 saturated heterocycles. The average molecular weight is 393 g/mol. The standard InChI is InChI=1S/C22H28N6O/c1-5-12(2)6-18(29)28(4)14-8-16-20(23-11-14)25-21(24-16)19-15-7-13-9-22(13,3)10-17(15)26-27-19/h8,11-13H,5-7,9-10H2,1-4H3,(H,26,27)(H,23,24,25)/t12?,13-,22-/m1/s1. The number of nitrogens with zero attached hydrogens (tertiary/aromatic N) is 4. The fourth-order valence-electron chi connectivity index (χ4n) is 4.56. The van der Waals surface area contributed by atoms with Crippen LogP contribution in [-0.4, -0.2) is 38.1 Å².